The Morgan fingerprint density at radius 1 is 1.54 bits per heavy atom. The van der Waals surface area contributed by atoms with E-state index in [0.29, 0.717) is 17.9 Å². The molecule has 0 bridgehead atoms. The van der Waals surface area contributed by atoms with E-state index in [0.717, 1.165) is 11.3 Å². The van der Waals surface area contributed by atoms with E-state index in [1.807, 2.05) is 0 Å². The number of carboxylic acid groups (broad SMARTS) is 1. The summed E-state index contributed by atoms with van der Waals surface area (Å²) in [6.07, 6.45) is 0.334. The molecule has 0 unspecified atom stereocenters. The zero-order valence-electron chi connectivity index (χ0n) is 13.0. The van der Waals surface area contributed by atoms with Gasteiger partial charge in [-0.15, -0.1) is 11.3 Å². The van der Waals surface area contributed by atoms with E-state index in [-0.39, 0.29) is 36.2 Å². The average molecular weight is 361 g/mol. The van der Waals surface area contributed by atoms with E-state index >= 15 is 0 Å². The lowest BCUT2D eigenvalue weighted by Gasteiger charge is -2.33. The first kappa shape index (κ1) is 17.1. The number of carbonyl (C=O) groups is 2. The number of hydrogen-bond donors (Lipinski definition) is 1. The second-order valence-electron chi connectivity index (χ2n) is 6.10. The van der Waals surface area contributed by atoms with Gasteiger partial charge in [0.2, 0.25) is 0 Å². The van der Waals surface area contributed by atoms with Crippen LogP contribution in [0.15, 0.2) is 6.07 Å². The number of alkyl halides is 2. The summed E-state index contributed by atoms with van der Waals surface area (Å²) in [4.78, 5) is 26.7. The molecular formula is C15H17F2NO5S. The van der Waals surface area contributed by atoms with Gasteiger partial charge in [-0.2, -0.15) is 8.78 Å². The number of aliphatic carboxylic acids is 1. The van der Waals surface area contributed by atoms with Crippen LogP contribution in [0.2, 0.25) is 0 Å². The maximum absolute atomic E-state index is 12.7. The summed E-state index contributed by atoms with van der Waals surface area (Å²) in [5.41, 5.74) is -1.02. The van der Waals surface area contributed by atoms with Crippen molar-refractivity contribution >= 4 is 23.2 Å². The van der Waals surface area contributed by atoms with Crippen LogP contribution in [-0.2, 0) is 9.53 Å². The third kappa shape index (κ3) is 2.86. The zero-order valence-corrected chi connectivity index (χ0v) is 13.8. The monoisotopic (exact) mass is 361 g/mol. The summed E-state index contributed by atoms with van der Waals surface area (Å²) in [5.74, 6) is -1.88. The van der Waals surface area contributed by atoms with Crippen molar-refractivity contribution in [3.05, 3.63) is 15.8 Å². The normalized spacial score (nSPS) is 26.5. The number of fused-ring (bicyclic) bond motifs is 1. The number of ether oxygens (including phenoxy) is 2. The van der Waals surface area contributed by atoms with Crippen molar-refractivity contribution in [2.75, 3.05) is 26.3 Å². The molecule has 132 valence electrons. The van der Waals surface area contributed by atoms with Crippen LogP contribution < -0.4 is 4.74 Å². The molecule has 0 aliphatic carbocycles. The van der Waals surface area contributed by atoms with E-state index in [4.69, 9.17) is 4.74 Å². The van der Waals surface area contributed by atoms with Crippen molar-refractivity contribution in [1.82, 2.24) is 4.90 Å². The van der Waals surface area contributed by atoms with Crippen LogP contribution in [0.5, 0.6) is 5.75 Å². The third-order valence-corrected chi connectivity index (χ3v) is 5.67. The maximum Gasteiger partial charge on any atom is 0.387 e. The Hall–Kier alpha value is -1.74. The number of rotatable bonds is 4. The predicted octanol–water partition coefficient (Wildman–Crippen LogP) is 2.22. The summed E-state index contributed by atoms with van der Waals surface area (Å²) in [5, 5.41) is 9.63. The number of thiophene rings is 1. The molecule has 1 N–H and O–H groups in total. The molecule has 1 aromatic heterocycles. The number of aryl methyl sites for hydroxylation is 1. The Bertz CT molecular complexity index is 664. The van der Waals surface area contributed by atoms with Gasteiger partial charge in [0.05, 0.1) is 12.0 Å². The number of halogens is 2. The second kappa shape index (κ2) is 6.29. The fourth-order valence-corrected chi connectivity index (χ4v) is 4.33. The van der Waals surface area contributed by atoms with Crippen molar-refractivity contribution in [3.63, 3.8) is 0 Å². The lowest BCUT2D eigenvalue weighted by atomic mass is 9.74. The molecular weight excluding hydrogens is 344 g/mol. The molecule has 0 saturated carbocycles. The van der Waals surface area contributed by atoms with Crippen LogP contribution >= 0.6 is 11.3 Å². The highest BCUT2D eigenvalue weighted by atomic mass is 32.1. The van der Waals surface area contributed by atoms with Crippen LogP contribution in [0.3, 0.4) is 0 Å². The molecule has 2 aliphatic rings. The molecule has 9 heteroatoms. The highest BCUT2D eigenvalue weighted by molar-refractivity contribution is 7.14. The average Bonchev–Trinajstić information content (AvgIpc) is 3.07. The Balaban J connectivity index is 1.85. The summed E-state index contributed by atoms with van der Waals surface area (Å²) in [6.45, 7) is -0.430. The predicted molar refractivity (Wildman–Crippen MR) is 80.6 cm³/mol. The number of hydrogen-bond acceptors (Lipinski definition) is 5. The standard InChI is InChI=1S/C15H17F2NO5S/c1-8-4-10(23-14(16)17)11(24-8)12(19)18-5-9-6-22-3-2-15(9,7-18)13(20)21/h4,9,14H,2-3,5-7H2,1H3,(H,20,21)/t9-,15+/m0/s1. The number of nitrogens with zero attached hydrogens (tertiary/aromatic N) is 1. The van der Waals surface area contributed by atoms with Gasteiger partial charge >= 0.3 is 12.6 Å². The van der Waals surface area contributed by atoms with Crippen molar-refractivity contribution in [1.29, 1.82) is 0 Å². The minimum atomic E-state index is -3.02. The largest absolute Gasteiger partial charge is 0.481 e. The SMILES string of the molecule is Cc1cc(OC(F)F)c(C(=O)N2C[C@H]3COCC[C@@]3(C(=O)O)C2)s1. The molecule has 2 atom stereocenters. The topological polar surface area (TPSA) is 76.1 Å². The third-order valence-electron chi connectivity index (χ3n) is 4.65. The lowest BCUT2D eigenvalue weighted by molar-refractivity contribution is -0.157. The zero-order chi connectivity index (χ0) is 17.5. The van der Waals surface area contributed by atoms with Crippen LogP contribution in [0.1, 0.15) is 21.0 Å². The molecule has 2 fully saturated rings. The minimum Gasteiger partial charge on any atom is -0.481 e. The van der Waals surface area contributed by atoms with E-state index in [1.165, 1.54) is 11.0 Å². The van der Waals surface area contributed by atoms with Crippen molar-refractivity contribution in [2.45, 2.75) is 20.0 Å². The maximum atomic E-state index is 12.7. The minimum absolute atomic E-state index is 0.0558. The quantitative estimate of drug-likeness (QED) is 0.890. The number of carbonyl (C=O) groups excluding carboxylic acids is 1. The van der Waals surface area contributed by atoms with Gasteiger partial charge < -0.3 is 19.5 Å². The molecule has 3 rings (SSSR count). The number of likely N-dealkylation sites (tertiary alicyclic amines) is 1. The highest BCUT2D eigenvalue weighted by Crippen LogP contribution is 2.44. The van der Waals surface area contributed by atoms with Gasteiger partial charge in [0.15, 0.2) is 0 Å². The number of carboxylic acids is 1. The van der Waals surface area contributed by atoms with Crippen molar-refractivity contribution in [2.24, 2.45) is 11.3 Å². The van der Waals surface area contributed by atoms with E-state index in [2.05, 4.69) is 4.74 Å². The van der Waals surface area contributed by atoms with Crippen LogP contribution in [-0.4, -0.2) is 54.8 Å². The summed E-state index contributed by atoms with van der Waals surface area (Å²) in [6, 6.07) is 1.39. The number of amides is 1. The van der Waals surface area contributed by atoms with Gasteiger partial charge in [-0.05, 0) is 19.4 Å². The Labute approximate surface area is 141 Å². The molecule has 0 aromatic carbocycles. The first-order chi connectivity index (χ1) is 11.3. The first-order valence-corrected chi connectivity index (χ1v) is 8.31. The Morgan fingerprint density at radius 2 is 2.29 bits per heavy atom. The van der Waals surface area contributed by atoms with Gasteiger partial charge in [0, 0.05) is 30.5 Å². The second-order valence-corrected chi connectivity index (χ2v) is 7.35. The van der Waals surface area contributed by atoms with E-state index < -0.39 is 23.9 Å². The fourth-order valence-electron chi connectivity index (χ4n) is 3.42. The van der Waals surface area contributed by atoms with Crippen molar-refractivity contribution < 1.29 is 33.0 Å². The first-order valence-electron chi connectivity index (χ1n) is 7.49. The fraction of sp³-hybridized carbons (Fsp3) is 0.600. The highest BCUT2D eigenvalue weighted by Gasteiger charge is 2.55. The molecule has 2 aliphatic heterocycles. The Morgan fingerprint density at radius 3 is 2.92 bits per heavy atom. The van der Waals surface area contributed by atoms with E-state index in [1.54, 1.807) is 6.92 Å². The molecule has 3 heterocycles. The van der Waals surface area contributed by atoms with Gasteiger partial charge in [0.1, 0.15) is 10.6 Å². The Kier molecular flexibility index (Phi) is 4.48. The van der Waals surface area contributed by atoms with Gasteiger partial charge in [-0.25, -0.2) is 0 Å². The van der Waals surface area contributed by atoms with Gasteiger partial charge in [0.25, 0.3) is 5.91 Å². The van der Waals surface area contributed by atoms with Gasteiger partial charge in [-0.3, -0.25) is 9.59 Å². The molecule has 24 heavy (non-hydrogen) atoms. The molecule has 1 aromatic rings. The lowest BCUT2D eigenvalue weighted by Crippen LogP contribution is -2.45. The smallest absolute Gasteiger partial charge is 0.387 e. The van der Waals surface area contributed by atoms with Crippen LogP contribution in [0.4, 0.5) is 8.78 Å². The van der Waals surface area contributed by atoms with Crippen molar-refractivity contribution in [3.8, 4) is 5.75 Å². The molecule has 6 nitrogen and oxygen atoms in total. The van der Waals surface area contributed by atoms with E-state index in [9.17, 15) is 23.5 Å². The summed E-state index contributed by atoms with van der Waals surface area (Å²) < 4.78 is 34.8. The van der Waals surface area contributed by atoms with Gasteiger partial charge in [-0.1, -0.05) is 0 Å². The molecule has 0 spiro atoms. The molecule has 1 amide bonds. The van der Waals surface area contributed by atoms with Crippen LogP contribution in [0, 0.1) is 18.3 Å². The molecule has 2 saturated heterocycles. The van der Waals surface area contributed by atoms with Crippen LogP contribution in [0.25, 0.3) is 0 Å². The molecule has 0 radical (unpaired) electrons. The summed E-state index contributed by atoms with van der Waals surface area (Å²) in [7, 11) is 0. The summed E-state index contributed by atoms with van der Waals surface area (Å²) >= 11 is 1.06.